The largest absolute Gasteiger partial charge is 0.493 e. The third kappa shape index (κ3) is 8.04. The smallest absolute Gasteiger partial charge is 0.412 e. The number of thiophene rings is 1. The van der Waals surface area contributed by atoms with Gasteiger partial charge in [-0.15, -0.1) is 11.3 Å². The van der Waals surface area contributed by atoms with E-state index >= 15 is 0 Å². The van der Waals surface area contributed by atoms with Gasteiger partial charge in [-0.25, -0.2) is 33.1 Å². The highest BCUT2D eigenvalue weighted by Crippen LogP contribution is 2.42. The minimum absolute atomic E-state index is 0.0502. The number of para-hydroxylation sites is 2. The molecular weight excluding hydrogens is 669 g/mol. The summed E-state index contributed by atoms with van der Waals surface area (Å²) in [6.07, 6.45) is 3.65. The van der Waals surface area contributed by atoms with E-state index in [9.17, 15) is 13.2 Å². The van der Waals surface area contributed by atoms with Crippen LogP contribution in [0.2, 0.25) is 8.67 Å². The Morgan fingerprint density at radius 3 is 2.33 bits per heavy atom. The highest BCUT2D eigenvalue weighted by Gasteiger charge is 2.28. The zero-order valence-electron chi connectivity index (χ0n) is 23.0. The number of nitrogens with zero attached hydrogens (tertiary/aromatic N) is 5. The molecule has 0 atom stereocenters. The number of halogens is 2. The Morgan fingerprint density at radius 2 is 1.64 bits per heavy atom. The van der Waals surface area contributed by atoms with Crippen molar-refractivity contribution in [1.82, 2.24) is 24.9 Å². The van der Waals surface area contributed by atoms with Crippen molar-refractivity contribution in [3.8, 4) is 34.8 Å². The summed E-state index contributed by atoms with van der Waals surface area (Å²) in [5, 5.41) is 2.48. The molecule has 0 aliphatic rings. The molecule has 0 aliphatic heterocycles. The van der Waals surface area contributed by atoms with Crippen molar-refractivity contribution in [3.05, 3.63) is 81.9 Å². The van der Waals surface area contributed by atoms with Crippen molar-refractivity contribution in [2.75, 3.05) is 30.4 Å². The summed E-state index contributed by atoms with van der Waals surface area (Å²) in [5.41, 5.74) is 0. The molecule has 45 heavy (non-hydrogen) atoms. The maximum absolute atomic E-state index is 13.5. The average Bonchev–Trinajstić information content (AvgIpc) is 3.40. The SMILES string of the molecule is COc1ccccc1Oc1c(NS(=O)(=O)c2cc(Cl)sc2Cl)nc(-c2ncccn2)nc1OCCOC(=O)Nc1ccccn1. The number of aromatic nitrogens is 5. The van der Waals surface area contributed by atoms with E-state index < -0.39 is 16.1 Å². The first kappa shape index (κ1) is 31.6. The number of sulfonamides is 1. The lowest BCUT2D eigenvalue weighted by Gasteiger charge is -2.18. The first-order valence-electron chi connectivity index (χ1n) is 12.7. The van der Waals surface area contributed by atoms with Gasteiger partial charge >= 0.3 is 6.09 Å². The lowest BCUT2D eigenvalue weighted by atomic mass is 10.3. The zero-order chi connectivity index (χ0) is 31.8. The van der Waals surface area contributed by atoms with Crippen LogP contribution < -0.4 is 24.2 Å². The fourth-order valence-corrected chi connectivity index (χ4v) is 6.71. The van der Waals surface area contributed by atoms with Gasteiger partial charge in [0.05, 0.1) is 11.4 Å². The van der Waals surface area contributed by atoms with Gasteiger partial charge in [0.25, 0.3) is 15.9 Å². The van der Waals surface area contributed by atoms with E-state index in [0.29, 0.717) is 11.6 Å². The van der Waals surface area contributed by atoms with Gasteiger partial charge in [-0.05, 0) is 36.4 Å². The Labute approximate surface area is 270 Å². The van der Waals surface area contributed by atoms with Crippen LogP contribution in [-0.2, 0) is 14.8 Å². The molecule has 5 rings (SSSR count). The fraction of sp³-hybridized carbons (Fsp3) is 0.111. The maximum atomic E-state index is 13.5. The Kier molecular flexibility index (Phi) is 10.1. The predicted molar refractivity (Wildman–Crippen MR) is 166 cm³/mol. The number of rotatable bonds is 12. The summed E-state index contributed by atoms with van der Waals surface area (Å²) >= 11 is 13.1. The number of hydrogen-bond donors (Lipinski definition) is 2. The molecule has 4 heterocycles. The highest BCUT2D eigenvalue weighted by molar-refractivity contribution is 7.93. The number of benzene rings is 1. The summed E-state index contributed by atoms with van der Waals surface area (Å²) in [6.45, 7) is -0.472. The minimum Gasteiger partial charge on any atom is -0.493 e. The van der Waals surface area contributed by atoms with Crippen LogP contribution in [0.4, 0.5) is 16.4 Å². The van der Waals surface area contributed by atoms with Crippen LogP contribution in [0, 0.1) is 0 Å². The fourth-order valence-electron chi connectivity index (χ4n) is 3.56. The van der Waals surface area contributed by atoms with Crippen molar-refractivity contribution in [2.45, 2.75) is 4.90 Å². The molecule has 0 aliphatic carbocycles. The first-order chi connectivity index (χ1) is 21.7. The monoisotopic (exact) mass is 689 g/mol. The molecule has 0 bridgehead atoms. The van der Waals surface area contributed by atoms with Gasteiger partial charge in [-0.2, -0.15) is 4.98 Å². The molecular formula is C27H21Cl2N7O7S2. The Hall–Kier alpha value is -4.77. The minimum atomic E-state index is -4.37. The molecule has 18 heteroatoms. The van der Waals surface area contributed by atoms with Gasteiger partial charge in [0.1, 0.15) is 28.3 Å². The Morgan fingerprint density at radius 1 is 0.911 bits per heavy atom. The van der Waals surface area contributed by atoms with Gasteiger partial charge in [0, 0.05) is 18.6 Å². The first-order valence-corrected chi connectivity index (χ1v) is 15.7. The second-order valence-corrected chi connectivity index (χ2v) is 12.4. The van der Waals surface area contributed by atoms with Gasteiger partial charge in [-0.3, -0.25) is 10.0 Å². The molecule has 0 spiro atoms. The summed E-state index contributed by atoms with van der Waals surface area (Å²) in [6, 6.07) is 14.4. The number of methoxy groups -OCH3 is 1. The number of nitrogens with one attached hydrogen (secondary N) is 2. The number of hydrogen-bond acceptors (Lipinski definition) is 13. The van der Waals surface area contributed by atoms with Crippen LogP contribution in [-0.4, -0.2) is 59.8 Å². The van der Waals surface area contributed by atoms with Crippen molar-refractivity contribution < 1.29 is 32.2 Å². The molecule has 4 aromatic heterocycles. The molecule has 0 saturated heterocycles. The van der Waals surface area contributed by atoms with E-state index in [1.807, 2.05) is 0 Å². The standard InChI is InChI=1S/C27H21Cl2N7O7S2/c1-40-16-7-2-3-8-17(16)43-21-23(36-45(38,39)18-15-19(28)44-22(18)29)34-25(24-31-11-6-12-32-24)35-26(21)41-13-14-42-27(37)33-20-9-4-5-10-30-20/h2-12,15H,13-14H2,1H3,(H,30,33,37)(H,34,35,36). The van der Waals surface area contributed by atoms with Crippen molar-refractivity contribution in [3.63, 3.8) is 0 Å². The quantitative estimate of drug-likeness (QED) is 0.148. The molecule has 0 unspecified atom stereocenters. The number of carbonyl (C=O) groups is 1. The van der Waals surface area contributed by atoms with E-state index in [1.165, 1.54) is 31.8 Å². The summed E-state index contributed by atoms with van der Waals surface area (Å²) in [7, 11) is -2.94. The molecule has 14 nitrogen and oxygen atoms in total. The molecule has 0 saturated carbocycles. The van der Waals surface area contributed by atoms with E-state index in [0.717, 1.165) is 11.3 Å². The molecule has 232 valence electrons. The summed E-state index contributed by atoms with van der Waals surface area (Å²) < 4.78 is 52.0. The molecule has 5 aromatic rings. The second kappa shape index (κ2) is 14.3. The maximum Gasteiger partial charge on any atom is 0.412 e. The van der Waals surface area contributed by atoms with Gasteiger partial charge in [0.15, 0.2) is 23.1 Å². The number of pyridine rings is 1. The van der Waals surface area contributed by atoms with Crippen LogP contribution in [0.5, 0.6) is 23.1 Å². The van der Waals surface area contributed by atoms with Crippen molar-refractivity contribution in [1.29, 1.82) is 0 Å². The van der Waals surface area contributed by atoms with E-state index in [2.05, 4.69) is 35.0 Å². The number of anilines is 2. The van der Waals surface area contributed by atoms with E-state index in [1.54, 1.807) is 48.5 Å². The molecule has 0 radical (unpaired) electrons. The van der Waals surface area contributed by atoms with Crippen LogP contribution in [0.25, 0.3) is 11.6 Å². The highest BCUT2D eigenvalue weighted by atomic mass is 35.5. The summed E-state index contributed by atoms with van der Waals surface area (Å²) in [5.74, 6) is -0.107. The van der Waals surface area contributed by atoms with Gasteiger partial charge in [-0.1, -0.05) is 41.4 Å². The zero-order valence-corrected chi connectivity index (χ0v) is 26.2. The van der Waals surface area contributed by atoms with E-state index in [4.69, 9.17) is 42.1 Å². The topological polar surface area (TPSA) is 177 Å². The molecule has 2 N–H and O–H groups in total. The lowest BCUT2D eigenvalue weighted by Crippen LogP contribution is -2.19. The molecule has 1 amide bonds. The van der Waals surface area contributed by atoms with Gasteiger partial charge in [0.2, 0.25) is 11.6 Å². The molecule has 0 fully saturated rings. The summed E-state index contributed by atoms with van der Waals surface area (Å²) in [4.78, 5) is 33.0. The molecule has 1 aromatic carbocycles. The second-order valence-electron chi connectivity index (χ2n) is 8.47. The van der Waals surface area contributed by atoms with Gasteiger partial charge < -0.3 is 18.9 Å². The Balaban J connectivity index is 1.51. The van der Waals surface area contributed by atoms with E-state index in [-0.39, 0.29) is 61.6 Å². The normalized spacial score (nSPS) is 11.0. The van der Waals surface area contributed by atoms with Crippen molar-refractivity contribution in [2.24, 2.45) is 0 Å². The predicted octanol–water partition coefficient (Wildman–Crippen LogP) is 5.93. The lowest BCUT2D eigenvalue weighted by molar-refractivity contribution is 0.135. The van der Waals surface area contributed by atoms with Crippen LogP contribution in [0.3, 0.4) is 0 Å². The third-order valence-corrected chi connectivity index (χ3v) is 8.57. The van der Waals surface area contributed by atoms with Crippen LogP contribution in [0.15, 0.2) is 78.1 Å². The number of carbonyl (C=O) groups excluding carboxylic acids is 1. The number of ether oxygens (including phenoxy) is 4. The van der Waals surface area contributed by atoms with Crippen LogP contribution in [0.1, 0.15) is 0 Å². The average molecular weight is 691 g/mol. The Bertz CT molecular complexity index is 1900. The third-order valence-electron chi connectivity index (χ3n) is 5.48. The van der Waals surface area contributed by atoms with Crippen LogP contribution >= 0.6 is 34.5 Å². The number of amides is 1. The van der Waals surface area contributed by atoms with Crippen molar-refractivity contribution >= 4 is 62.3 Å².